The Balaban J connectivity index is 1.39. The van der Waals surface area contributed by atoms with Crippen LogP contribution in [0.2, 0.25) is 0 Å². The average Bonchev–Trinajstić information content (AvgIpc) is 3.28. The number of rotatable bonds is 19. The Morgan fingerprint density at radius 2 is 1.72 bits per heavy atom. The molecule has 60 heavy (non-hydrogen) atoms. The van der Waals surface area contributed by atoms with Crippen molar-refractivity contribution in [2.75, 3.05) is 40.1 Å². The molecule has 322 valence electrons. The van der Waals surface area contributed by atoms with E-state index in [2.05, 4.69) is 43.0 Å². The van der Waals surface area contributed by atoms with Crippen molar-refractivity contribution >= 4 is 11.8 Å². The number of amides is 1. The van der Waals surface area contributed by atoms with Crippen molar-refractivity contribution in [2.45, 2.75) is 102 Å². The number of carbonyl (C=O) groups excluding carboxylic acids is 1. The molecule has 11 nitrogen and oxygen atoms in total. The molecule has 7 atom stereocenters. The van der Waals surface area contributed by atoms with Crippen molar-refractivity contribution in [3.63, 3.8) is 0 Å². The molecular weight excluding hydrogens is 761 g/mol. The summed E-state index contributed by atoms with van der Waals surface area (Å²) in [6, 6.07) is 23.7. The first-order valence-corrected chi connectivity index (χ1v) is 22.0. The summed E-state index contributed by atoms with van der Waals surface area (Å²) in [6.07, 6.45) is 11.5. The number of unbranched alkanes of at least 4 members (excludes halogenated alkanes) is 2. The predicted molar refractivity (Wildman–Crippen MR) is 231 cm³/mol. The van der Waals surface area contributed by atoms with Gasteiger partial charge in [0.1, 0.15) is 23.3 Å². The minimum absolute atomic E-state index is 0.0825. The van der Waals surface area contributed by atoms with E-state index in [0.717, 1.165) is 72.9 Å². The van der Waals surface area contributed by atoms with Crippen molar-refractivity contribution in [3.8, 4) is 28.4 Å². The number of methoxy groups -OCH3 is 1. The highest BCUT2D eigenvalue weighted by atomic mass is 16.8. The number of carbonyl (C=O) groups is 1. The molecule has 1 saturated carbocycles. The predicted octanol–water partition coefficient (Wildman–Crippen LogP) is 9.78. The Morgan fingerprint density at radius 3 is 2.42 bits per heavy atom. The number of hydrogen-bond donors (Lipinski definition) is 2. The number of aliphatic hydroxyl groups is 2. The highest BCUT2D eigenvalue weighted by Gasteiger charge is 2.65. The summed E-state index contributed by atoms with van der Waals surface area (Å²) < 4.78 is 32.3. The summed E-state index contributed by atoms with van der Waals surface area (Å²) in [5.41, 5.74) is 4.92. The molecule has 1 amide bonds. The van der Waals surface area contributed by atoms with Crippen LogP contribution < -0.4 is 9.47 Å². The fraction of sp³-hybridized carbons (Fsp3) is 0.510. The highest BCUT2D eigenvalue weighted by Crippen LogP contribution is 2.62. The Kier molecular flexibility index (Phi) is 15.0. The molecule has 2 N–H and O–H groups in total. The maximum absolute atomic E-state index is 13.9. The molecular formula is C49H62N2O9. The molecule has 0 spiro atoms. The molecule has 3 aromatic carbocycles. The van der Waals surface area contributed by atoms with Crippen molar-refractivity contribution in [2.24, 2.45) is 22.9 Å². The summed E-state index contributed by atoms with van der Waals surface area (Å²) in [7, 11) is 1.40. The molecule has 0 aromatic heterocycles. The second-order valence-electron chi connectivity index (χ2n) is 16.3. The van der Waals surface area contributed by atoms with E-state index in [0.29, 0.717) is 56.1 Å². The van der Waals surface area contributed by atoms with E-state index < -0.39 is 30.1 Å². The summed E-state index contributed by atoms with van der Waals surface area (Å²) in [5, 5.41) is 24.8. The molecule has 3 aromatic rings. The van der Waals surface area contributed by atoms with Gasteiger partial charge in [-0.05, 0) is 104 Å². The summed E-state index contributed by atoms with van der Waals surface area (Å²) >= 11 is 0. The van der Waals surface area contributed by atoms with Gasteiger partial charge < -0.3 is 38.7 Å². The lowest BCUT2D eigenvalue weighted by Crippen LogP contribution is -2.70. The first kappa shape index (κ1) is 43.4. The zero-order valence-electron chi connectivity index (χ0n) is 35.2. The van der Waals surface area contributed by atoms with Crippen LogP contribution in [0.5, 0.6) is 17.2 Å². The van der Waals surface area contributed by atoms with Gasteiger partial charge in [0.05, 0.1) is 32.0 Å². The molecule has 7 unspecified atom stereocenters. The number of hydrogen-bond acceptors (Lipinski definition) is 10. The number of nitrogens with zero attached hydrogens (tertiary/aromatic N) is 2. The van der Waals surface area contributed by atoms with Crippen LogP contribution in [-0.4, -0.2) is 85.1 Å². The van der Waals surface area contributed by atoms with Crippen LogP contribution in [0.4, 0.5) is 4.79 Å². The van der Waals surface area contributed by atoms with Gasteiger partial charge in [0.2, 0.25) is 12.1 Å². The third-order valence-electron chi connectivity index (χ3n) is 12.5. The zero-order chi connectivity index (χ0) is 41.9. The van der Waals surface area contributed by atoms with Gasteiger partial charge in [0.25, 0.3) is 0 Å². The Morgan fingerprint density at radius 1 is 0.967 bits per heavy atom. The quantitative estimate of drug-likeness (QED) is 0.0690. The van der Waals surface area contributed by atoms with E-state index in [4.69, 9.17) is 33.7 Å². The molecule has 2 aliphatic carbocycles. The van der Waals surface area contributed by atoms with E-state index in [1.54, 1.807) is 11.0 Å². The maximum Gasteiger partial charge on any atom is 0.409 e. The van der Waals surface area contributed by atoms with Crippen LogP contribution in [0.1, 0.15) is 89.0 Å². The lowest BCUT2D eigenvalue weighted by molar-refractivity contribution is -0.255. The molecule has 2 heterocycles. The van der Waals surface area contributed by atoms with Crippen molar-refractivity contribution < 1.29 is 43.5 Å². The zero-order valence-corrected chi connectivity index (χ0v) is 35.2. The average molecular weight is 823 g/mol. The second-order valence-corrected chi connectivity index (χ2v) is 16.3. The van der Waals surface area contributed by atoms with E-state index in [1.807, 2.05) is 49.4 Å². The monoisotopic (exact) mass is 822 g/mol. The van der Waals surface area contributed by atoms with Gasteiger partial charge in [0.15, 0.2) is 0 Å². The third kappa shape index (κ3) is 9.44. The Bertz CT molecular complexity index is 1930. The number of ether oxygens (including phenoxy) is 5. The van der Waals surface area contributed by atoms with Gasteiger partial charge in [-0.25, -0.2) is 4.79 Å². The van der Waals surface area contributed by atoms with Gasteiger partial charge >= 0.3 is 6.09 Å². The van der Waals surface area contributed by atoms with Crippen LogP contribution in [0, 0.1) is 17.8 Å². The summed E-state index contributed by atoms with van der Waals surface area (Å²) in [5.74, 6) is 0.256. The van der Waals surface area contributed by atoms with Gasteiger partial charge in [-0.3, -0.25) is 4.90 Å². The molecule has 0 radical (unpaired) electrons. The molecule has 2 aliphatic heterocycles. The molecule has 1 saturated heterocycles. The fourth-order valence-electron chi connectivity index (χ4n) is 9.84. The van der Waals surface area contributed by atoms with Crippen molar-refractivity contribution in [3.05, 3.63) is 103 Å². The van der Waals surface area contributed by atoms with Gasteiger partial charge in [-0.2, -0.15) is 0 Å². The van der Waals surface area contributed by atoms with Crippen molar-refractivity contribution in [1.82, 2.24) is 4.90 Å². The topological polar surface area (TPSA) is 129 Å². The minimum atomic E-state index is -1.36. The maximum atomic E-state index is 13.9. The van der Waals surface area contributed by atoms with E-state index in [9.17, 15) is 15.0 Å². The Labute approximate surface area is 354 Å². The lowest BCUT2D eigenvalue weighted by atomic mass is 9.55. The lowest BCUT2D eigenvalue weighted by Gasteiger charge is -2.59. The van der Waals surface area contributed by atoms with Crippen LogP contribution in [0.25, 0.3) is 11.1 Å². The van der Waals surface area contributed by atoms with Crippen LogP contribution >= 0.6 is 0 Å². The summed E-state index contributed by atoms with van der Waals surface area (Å²) in [6.45, 7) is 7.48. The first-order valence-electron chi connectivity index (χ1n) is 22.0. The van der Waals surface area contributed by atoms with Crippen LogP contribution in [-0.2, 0) is 19.0 Å². The number of aliphatic hydroxyl groups excluding tert-OH is 2. The second kappa shape index (κ2) is 20.7. The summed E-state index contributed by atoms with van der Waals surface area (Å²) in [4.78, 5) is 21.8. The van der Waals surface area contributed by atoms with Gasteiger partial charge in [-0.15, -0.1) is 6.58 Å². The van der Waals surface area contributed by atoms with Crippen LogP contribution in [0.15, 0.2) is 102 Å². The molecule has 4 aliphatic rings. The van der Waals surface area contributed by atoms with E-state index in [1.165, 1.54) is 7.11 Å². The molecule has 11 heteroatoms. The number of fused-ring (bicyclic) bond motifs is 2. The molecule has 0 bridgehead atoms. The number of benzene rings is 3. The van der Waals surface area contributed by atoms with Gasteiger partial charge in [0, 0.05) is 44.1 Å². The van der Waals surface area contributed by atoms with Gasteiger partial charge in [-0.1, -0.05) is 79.5 Å². The molecule has 7 rings (SSSR count). The van der Waals surface area contributed by atoms with E-state index in [-0.39, 0.29) is 37.6 Å². The van der Waals surface area contributed by atoms with Crippen LogP contribution in [0.3, 0.4) is 0 Å². The smallest absolute Gasteiger partial charge is 0.409 e. The Hall–Kier alpha value is -4.68. The fourth-order valence-corrected chi connectivity index (χ4v) is 9.84. The first-order chi connectivity index (χ1) is 29.4. The highest BCUT2D eigenvalue weighted by molar-refractivity contribution is 6.03. The number of allylic oxidation sites excluding steroid dienone is 1. The van der Waals surface area contributed by atoms with Crippen molar-refractivity contribution in [1.29, 1.82) is 0 Å². The largest absolute Gasteiger partial charge is 0.459 e. The minimum Gasteiger partial charge on any atom is -0.459 e. The molecule has 2 fully saturated rings. The van der Waals surface area contributed by atoms with E-state index >= 15 is 0 Å². The SMILES string of the molecule is C=CCOC12Oc3ccc(Oc4ccc(-c5ccccc5)cc4)cc3C3C(CCCCO)C(CCCCO)C=C(C(=NOC4CCCCO4)CC1N(CCC)C(=O)OC)C32. The standard InChI is InChI=1S/C49H62N2O9/c1-4-26-51(48(54)55-3)44-33-42(50-60-45-19-11-14-30-56-45)40-31-36(17-9-12-27-52)39(18-10-13-28-53)46-41-32-38(24-25-43(41)59-49(44,47(40)46)57-29-5-2)58-37-22-20-35(21-23-37)34-15-7-6-8-16-34/h5-8,15-16,20-25,31-32,36,39,44-47,52-53H,2,4,9-14,17-19,26-30,33H2,1,3H3. The normalized spacial score (nSPS) is 26.2. The number of oxime groups is 1. The third-order valence-corrected chi connectivity index (χ3v) is 12.5.